The summed E-state index contributed by atoms with van der Waals surface area (Å²) >= 11 is 0. The number of benzene rings is 1. The summed E-state index contributed by atoms with van der Waals surface area (Å²) in [4.78, 5) is 15.2. The number of rotatable bonds is 3. The van der Waals surface area contributed by atoms with Crippen LogP contribution in [0.5, 0.6) is 0 Å². The van der Waals surface area contributed by atoms with Crippen LogP contribution < -0.4 is 0 Å². The highest BCUT2D eigenvalue weighted by atomic mass is 19.1. The van der Waals surface area contributed by atoms with Gasteiger partial charge in [0.2, 0.25) is 5.89 Å². The van der Waals surface area contributed by atoms with E-state index in [0.717, 1.165) is 0 Å². The minimum Gasteiger partial charge on any atom is -0.440 e. The van der Waals surface area contributed by atoms with Crippen LogP contribution in [0, 0.1) is 5.82 Å². The van der Waals surface area contributed by atoms with Gasteiger partial charge in [0.25, 0.3) is 0 Å². The summed E-state index contributed by atoms with van der Waals surface area (Å²) in [5.41, 5.74) is 0.962. The van der Waals surface area contributed by atoms with Crippen molar-refractivity contribution < 1.29 is 13.6 Å². The first kappa shape index (κ1) is 9.83. The zero-order chi connectivity index (χ0) is 10.8. The maximum Gasteiger partial charge on any atom is 0.202 e. The van der Waals surface area contributed by atoms with Crippen LogP contribution in [-0.2, 0) is 11.2 Å². The highest BCUT2D eigenvalue weighted by Gasteiger charge is 2.09. The zero-order valence-electron chi connectivity index (χ0n) is 8.29. The predicted molar refractivity (Wildman–Crippen MR) is 53.0 cm³/mol. The lowest BCUT2D eigenvalue weighted by Crippen LogP contribution is -1.99. The monoisotopic (exact) mass is 207 g/mol. The molecule has 0 aliphatic carbocycles. The molecule has 2 rings (SSSR count). The first-order valence-corrected chi connectivity index (χ1v) is 4.75. The Balaban J connectivity index is 2.34. The van der Waals surface area contributed by atoms with Gasteiger partial charge in [-0.1, -0.05) is 6.92 Å². The van der Waals surface area contributed by atoms with Crippen molar-refractivity contribution in [3.63, 3.8) is 0 Å². The Kier molecular flexibility index (Phi) is 2.49. The summed E-state index contributed by atoms with van der Waals surface area (Å²) in [5, 5.41) is 0. The highest BCUT2D eigenvalue weighted by molar-refractivity contribution is 5.80. The molecule has 0 saturated heterocycles. The second-order valence-electron chi connectivity index (χ2n) is 3.29. The van der Waals surface area contributed by atoms with E-state index in [1.807, 2.05) is 0 Å². The van der Waals surface area contributed by atoms with E-state index in [9.17, 15) is 9.18 Å². The number of carbonyl (C=O) groups excluding carboxylic acids is 1. The molecular formula is C11H10FNO2. The fourth-order valence-corrected chi connectivity index (χ4v) is 1.32. The molecule has 0 bridgehead atoms. The van der Waals surface area contributed by atoms with Gasteiger partial charge < -0.3 is 4.42 Å². The standard InChI is InChI=1S/C11H10FNO2/c1-2-8(14)6-11-13-9-5-7(12)3-4-10(9)15-11/h3-5H,2,6H2,1H3. The maximum absolute atomic E-state index is 12.8. The van der Waals surface area contributed by atoms with Gasteiger partial charge in [-0.15, -0.1) is 0 Å². The van der Waals surface area contributed by atoms with Crippen molar-refractivity contribution in [2.24, 2.45) is 0 Å². The molecule has 4 heteroatoms. The second-order valence-corrected chi connectivity index (χ2v) is 3.29. The summed E-state index contributed by atoms with van der Waals surface area (Å²) in [6, 6.07) is 4.11. The summed E-state index contributed by atoms with van der Waals surface area (Å²) in [5.74, 6) is 0.0497. The number of fused-ring (bicyclic) bond motifs is 1. The van der Waals surface area contributed by atoms with E-state index < -0.39 is 0 Å². The SMILES string of the molecule is CCC(=O)Cc1nc2cc(F)ccc2o1. The fraction of sp³-hybridized carbons (Fsp3) is 0.273. The number of oxazole rings is 1. The number of hydrogen-bond acceptors (Lipinski definition) is 3. The lowest BCUT2D eigenvalue weighted by atomic mass is 10.2. The van der Waals surface area contributed by atoms with Gasteiger partial charge in [-0.3, -0.25) is 4.79 Å². The maximum atomic E-state index is 12.8. The first-order chi connectivity index (χ1) is 7.19. The van der Waals surface area contributed by atoms with Crippen molar-refractivity contribution in [3.8, 4) is 0 Å². The van der Waals surface area contributed by atoms with E-state index in [-0.39, 0.29) is 18.0 Å². The number of carbonyl (C=O) groups is 1. The molecule has 1 aromatic heterocycles. The number of ketones is 1. The smallest absolute Gasteiger partial charge is 0.202 e. The summed E-state index contributed by atoms with van der Waals surface area (Å²) < 4.78 is 18.1. The number of nitrogens with zero attached hydrogens (tertiary/aromatic N) is 1. The molecule has 0 unspecified atom stereocenters. The van der Waals surface area contributed by atoms with E-state index >= 15 is 0 Å². The summed E-state index contributed by atoms with van der Waals surface area (Å²) in [7, 11) is 0. The van der Waals surface area contributed by atoms with Crippen LogP contribution in [0.4, 0.5) is 4.39 Å². The van der Waals surface area contributed by atoms with Gasteiger partial charge in [-0.2, -0.15) is 0 Å². The van der Waals surface area contributed by atoms with Crippen LogP contribution in [0.3, 0.4) is 0 Å². The van der Waals surface area contributed by atoms with Crippen LogP contribution in [0.1, 0.15) is 19.2 Å². The van der Waals surface area contributed by atoms with Crippen molar-refractivity contribution in [3.05, 3.63) is 29.9 Å². The van der Waals surface area contributed by atoms with Crippen molar-refractivity contribution >= 4 is 16.9 Å². The Bertz CT molecular complexity index is 504. The molecule has 15 heavy (non-hydrogen) atoms. The lowest BCUT2D eigenvalue weighted by Gasteiger charge is -1.89. The van der Waals surface area contributed by atoms with Crippen LogP contribution in [0.15, 0.2) is 22.6 Å². The Morgan fingerprint density at radius 2 is 2.33 bits per heavy atom. The molecule has 0 amide bonds. The van der Waals surface area contributed by atoms with Gasteiger partial charge in [-0.25, -0.2) is 9.37 Å². The number of hydrogen-bond donors (Lipinski definition) is 0. The molecular weight excluding hydrogens is 197 g/mol. The molecule has 78 valence electrons. The number of aromatic nitrogens is 1. The van der Waals surface area contributed by atoms with E-state index in [2.05, 4.69) is 4.98 Å². The Labute approximate surface area is 85.9 Å². The first-order valence-electron chi connectivity index (χ1n) is 4.75. The normalized spacial score (nSPS) is 10.8. The Morgan fingerprint density at radius 1 is 1.53 bits per heavy atom. The molecule has 3 nitrogen and oxygen atoms in total. The van der Waals surface area contributed by atoms with E-state index in [1.54, 1.807) is 6.92 Å². The van der Waals surface area contributed by atoms with Gasteiger partial charge in [0.1, 0.15) is 17.1 Å². The van der Waals surface area contributed by atoms with Crippen molar-refractivity contribution in [2.75, 3.05) is 0 Å². The molecule has 0 N–H and O–H groups in total. The predicted octanol–water partition coefficient (Wildman–Crippen LogP) is 2.49. The Morgan fingerprint density at radius 3 is 3.07 bits per heavy atom. The third-order valence-electron chi connectivity index (χ3n) is 2.14. The molecule has 1 heterocycles. The molecule has 0 fully saturated rings. The second kappa shape index (κ2) is 3.81. The zero-order valence-corrected chi connectivity index (χ0v) is 8.29. The van der Waals surface area contributed by atoms with Gasteiger partial charge in [0, 0.05) is 12.5 Å². The largest absolute Gasteiger partial charge is 0.440 e. The molecule has 0 atom stereocenters. The van der Waals surface area contributed by atoms with Crippen molar-refractivity contribution in [1.82, 2.24) is 4.98 Å². The van der Waals surface area contributed by atoms with Gasteiger partial charge >= 0.3 is 0 Å². The van der Waals surface area contributed by atoms with Crippen LogP contribution in [-0.4, -0.2) is 10.8 Å². The lowest BCUT2D eigenvalue weighted by molar-refractivity contribution is -0.118. The van der Waals surface area contributed by atoms with Crippen LogP contribution in [0.2, 0.25) is 0 Å². The highest BCUT2D eigenvalue weighted by Crippen LogP contribution is 2.17. The van der Waals surface area contributed by atoms with E-state index in [1.165, 1.54) is 18.2 Å². The van der Waals surface area contributed by atoms with Crippen LogP contribution >= 0.6 is 0 Å². The molecule has 0 aliphatic rings. The minimum absolute atomic E-state index is 0.0574. The van der Waals surface area contributed by atoms with E-state index in [4.69, 9.17) is 4.42 Å². The summed E-state index contributed by atoms with van der Waals surface area (Å²) in [6.45, 7) is 1.78. The van der Waals surface area contributed by atoms with Gasteiger partial charge in [-0.05, 0) is 12.1 Å². The van der Waals surface area contributed by atoms with Crippen molar-refractivity contribution in [2.45, 2.75) is 19.8 Å². The average Bonchev–Trinajstić information content (AvgIpc) is 2.59. The third kappa shape index (κ3) is 2.03. The van der Waals surface area contributed by atoms with Crippen LogP contribution in [0.25, 0.3) is 11.1 Å². The van der Waals surface area contributed by atoms with Gasteiger partial charge in [0.05, 0.1) is 6.42 Å². The molecule has 0 spiro atoms. The Hall–Kier alpha value is -1.71. The molecule has 2 aromatic rings. The van der Waals surface area contributed by atoms with Gasteiger partial charge in [0.15, 0.2) is 5.58 Å². The average molecular weight is 207 g/mol. The molecule has 1 aromatic carbocycles. The molecule has 0 saturated carbocycles. The molecule has 0 radical (unpaired) electrons. The third-order valence-corrected chi connectivity index (χ3v) is 2.14. The van der Waals surface area contributed by atoms with Crippen molar-refractivity contribution in [1.29, 1.82) is 0 Å². The minimum atomic E-state index is -0.357. The fourth-order valence-electron chi connectivity index (χ4n) is 1.32. The number of halogens is 1. The van der Waals surface area contributed by atoms with E-state index in [0.29, 0.717) is 23.4 Å². The summed E-state index contributed by atoms with van der Waals surface area (Å²) in [6.07, 6.45) is 0.625. The number of Topliss-reactive ketones (excluding diaryl/α,β-unsaturated/α-hetero) is 1. The molecule has 0 aliphatic heterocycles. The topological polar surface area (TPSA) is 43.1 Å². The quantitative estimate of drug-likeness (QED) is 0.776.